The molecule has 0 bridgehead atoms. The third kappa shape index (κ3) is 21.0. The highest BCUT2D eigenvalue weighted by Gasteiger charge is 2.19. The van der Waals surface area contributed by atoms with Crippen LogP contribution in [0.25, 0.3) is 0 Å². The van der Waals surface area contributed by atoms with Gasteiger partial charge in [0.1, 0.15) is 0 Å². The van der Waals surface area contributed by atoms with E-state index in [0.29, 0.717) is 6.85 Å². The monoisotopic (exact) mass is 536 g/mol. The van der Waals surface area contributed by atoms with Crippen molar-refractivity contribution in [2.45, 2.75) is 175 Å². The van der Waals surface area contributed by atoms with Crippen molar-refractivity contribution in [2.75, 3.05) is 0 Å². The van der Waals surface area contributed by atoms with E-state index < -0.39 is 0 Å². The summed E-state index contributed by atoms with van der Waals surface area (Å²) in [4.78, 5) is 2.49. The summed E-state index contributed by atoms with van der Waals surface area (Å²) in [6.07, 6.45) is 49.2. The minimum atomic E-state index is 0.336. The molecule has 0 aromatic carbocycles. The zero-order valence-corrected chi connectivity index (χ0v) is 26.7. The highest BCUT2D eigenvalue weighted by Crippen LogP contribution is 2.19. The Morgan fingerprint density at radius 3 is 1.49 bits per heavy atom. The van der Waals surface area contributed by atoms with Crippen LogP contribution >= 0.6 is 0 Å². The van der Waals surface area contributed by atoms with Crippen LogP contribution in [0.15, 0.2) is 60.3 Å². The second-order valence-electron chi connectivity index (χ2n) is 11.8. The molecule has 39 heavy (non-hydrogen) atoms. The number of allylic oxidation sites excluding steroid dienone is 6. The zero-order chi connectivity index (χ0) is 28.1. The maximum Gasteiger partial charge on any atom is 0.312 e. The van der Waals surface area contributed by atoms with Gasteiger partial charge in [0.05, 0.1) is 0 Å². The van der Waals surface area contributed by atoms with Crippen LogP contribution in [0.2, 0.25) is 0 Å². The molecule has 1 rings (SSSR count). The van der Waals surface area contributed by atoms with E-state index >= 15 is 0 Å². The summed E-state index contributed by atoms with van der Waals surface area (Å²) in [5.41, 5.74) is 1.34. The van der Waals surface area contributed by atoms with Gasteiger partial charge in [-0.3, -0.25) is 0 Å². The van der Waals surface area contributed by atoms with Crippen molar-refractivity contribution < 1.29 is 0 Å². The van der Waals surface area contributed by atoms with Gasteiger partial charge in [-0.2, -0.15) is 0 Å². The van der Waals surface area contributed by atoms with Gasteiger partial charge in [0.25, 0.3) is 0 Å². The van der Waals surface area contributed by atoms with E-state index in [1.54, 1.807) is 0 Å². The molecule has 0 saturated heterocycles. The molecule has 0 aromatic rings. The predicted molar refractivity (Wildman–Crippen MR) is 180 cm³/mol. The quantitative estimate of drug-likeness (QED) is 0.0747. The van der Waals surface area contributed by atoms with E-state index in [1.807, 2.05) is 0 Å². The minimum absolute atomic E-state index is 0.336. The lowest BCUT2D eigenvalue weighted by Crippen LogP contribution is -2.33. The van der Waals surface area contributed by atoms with Gasteiger partial charge in [-0.15, -0.1) is 0 Å². The molecule has 0 atom stereocenters. The van der Waals surface area contributed by atoms with Crippen LogP contribution < -0.4 is 0 Å². The molecule has 0 radical (unpaired) electrons. The third-order valence-electron chi connectivity index (χ3n) is 8.01. The third-order valence-corrected chi connectivity index (χ3v) is 8.01. The summed E-state index contributed by atoms with van der Waals surface area (Å²) in [6.45, 7) is 7.23. The Labute approximate surface area is 246 Å². The van der Waals surface area contributed by atoms with Crippen LogP contribution in [-0.4, -0.2) is 11.7 Å². The SMILES string of the molecule is CCCCCCCCC/C=C/B1C=CC=C(/C=C/CCCCCCCCC)N1/C=C/CCCCCCCCC. The summed E-state index contributed by atoms with van der Waals surface area (Å²) in [5.74, 6) is 4.79. The molecular formula is C37H66BN. The first kappa shape index (κ1) is 35.6. The average molecular weight is 536 g/mol. The lowest BCUT2D eigenvalue weighted by atomic mass is 9.58. The molecule has 0 N–H and O–H groups in total. The summed E-state index contributed by atoms with van der Waals surface area (Å²) in [6, 6.07) is 0. The minimum Gasteiger partial charge on any atom is -0.384 e. The molecule has 0 aromatic heterocycles. The average Bonchev–Trinajstić information content (AvgIpc) is 2.95. The highest BCUT2D eigenvalue weighted by molar-refractivity contribution is 6.67. The second kappa shape index (κ2) is 28.1. The van der Waals surface area contributed by atoms with Crippen molar-refractivity contribution in [3.05, 3.63) is 60.3 Å². The van der Waals surface area contributed by atoms with Gasteiger partial charge in [0.2, 0.25) is 0 Å². The van der Waals surface area contributed by atoms with Gasteiger partial charge >= 0.3 is 6.85 Å². The fourth-order valence-electron chi connectivity index (χ4n) is 5.39. The molecule has 0 amide bonds. The van der Waals surface area contributed by atoms with Crippen molar-refractivity contribution in [2.24, 2.45) is 0 Å². The molecule has 2 heteroatoms. The van der Waals surface area contributed by atoms with Crippen molar-refractivity contribution in [1.29, 1.82) is 0 Å². The molecule has 1 heterocycles. The van der Waals surface area contributed by atoms with E-state index in [-0.39, 0.29) is 0 Å². The molecule has 1 nitrogen and oxygen atoms in total. The Bertz CT molecular complexity index is 671. The van der Waals surface area contributed by atoms with E-state index in [4.69, 9.17) is 0 Å². The Kier molecular flexibility index (Phi) is 25.7. The van der Waals surface area contributed by atoms with Crippen LogP contribution in [0.4, 0.5) is 0 Å². The summed E-state index contributed by atoms with van der Waals surface area (Å²) >= 11 is 0. The topological polar surface area (TPSA) is 3.24 Å². The summed E-state index contributed by atoms with van der Waals surface area (Å²) < 4.78 is 0. The number of hydrogen-bond acceptors (Lipinski definition) is 1. The van der Waals surface area contributed by atoms with Crippen LogP contribution in [0.3, 0.4) is 0 Å². The maximum absolute atomic E-state index is 2.49. The van der Waals surface area contributed by atoms with E-state index in [2.05, 4.69) is 80.2 Å². The van der Waals surface area contributed by atoms with Gasteiger partial charge < -0.3 is 4.81 Å². The van der Waals surface area contributed by atoms with Crippen molar-refractivity contribution in [3.8, 4) is 0 Å². The summed E-state index contributed by atoms with van der Waals surface area (Å²) in [7, 11) is 0. The smallest absolute Gasteiger partial charge is 0.312 e. The first-order chi connectivity index (χ1) is 19.3. The number of hydrogen-bond donors (Lipinski definition) is 0. The number of nitrogens with zero attached hydrogens (tertiary/aromatic N) is 1. The first-order valence-electron chi connectivity index (χ1n) is 17.5. The van der Waals surface area contributed by atoms with Gasteiger partial charge in [-0.05, 0) is 56.9 Å². The standard InChI is InChI=1S/C37H66BN/c1-4-7-10-13-16-19-22-25-28-32-37-33-31-35-38(34-29-26-23-20-17-14-11-8-5-2)39(37)36-30-27-24-21-18-15-12-9-6-3/h28-36H,4-27H2,1-3H3/b32-28+,34-29+,36-30+. The summed E-state index contributed by atoms with van der Waals surface area (Å²) in [5, 5.41) is 0. The van der Waals surface area contributed by atoms with E-state index in [0.717, 1.165) is 0 Å². The molecule has 1 aliphatic heterocycles. The fraction of sp³-hybridized carbons (Fsp3) is 0.730. The maximum atomic E-state index is 2.49. The second-order valence-corrected chi connectivity index (χ2v) is 11.8. The molecule has 0 aliphatic carbocycles. The van der Waals surface area contributed by atoms with Crippen LogP contribution in [-0.2, 0) is 0 Å². The lowest BCUT2D eigenvalue weighted by molar-refractivity contribution is 0.590. The van der Waals surface area contributed by atoms with Crippen molar-refractivity contribution >= 4 is 6.85 Å². The lowest BCUT2D eigenvalue weighted by Gasteiger charge is -2.28. The zero-order valence-electron chi connectivity index (χ0n) is 26.7. The molecule has 222 valence electrons. The van der Waals surface area contributed by atoms with Crippen LogP contribution in [0, 0.1) is 0 Å². The van der Waals surface area contributed by atoms with Gasteiger partial charge in [-0.25, -0.2) is 0 Å². The largest absolute Gasteiger partial charge is 0.384 e. The Morgan fingerprint density at radius 2 is 0.974 bits per heavy atom. The molecule has 0 unspecified atom stereocenters. The molecule has 0 fully saturated rings. The number of unbranched alkanes of at least 4 members (excludes halogenated alkanes) is 21. The van der Waals surface area contributed by atoms with Crippen molar-refractivity contribution in [3.63, 3.8) is 0 Å². The normalized spacial score (nSPS) is 14.1. The molecule has 0 saturated carbocycles. The Morgan fingerprint density at radius 1 is 0.538 bits per heavy atom. The Balaban J connectivity index is 2.52. The molecule has 1 aliphatic rings. The first-order valence-corrected chi connectivity index (χ1v) is 17.5. The van der Waals surface area contributed by atoms with E-state index in [9.17, 15) is 0 Å². The fourth-order valence-corrected chi connectivity index (χ4v) is 5.39. The predicted octanol–water partition coefficient (Wildman–Crippen LogP) is 12.9. The number of rotatable bonds is 27. The van der Waals surface area contributed by atoms with Crippen LogP contribution in [0.1, 0.15) is 175 Å². The van der Waals surface area contributed by atoms with Gasteiger partial charge in [-0.1, -0.05) is 173 Å². The highest BCUT2D eigenvalue weighted by atomic mass is 15.0. The van der Waals surface area contributed by atoms with Crippen LogP contribution in [0.5, 0.6) is 0 Å². The van der Waals surface area contributed by atoms with E-state index in [1.165, 1.54) is 160 Å². The Hall–Kier alpha value is -1.44. The van der Waals surface area contributed by atoms with Gasteiger partial charge in [0, 0.05) is 5.70 Å². The van der Waals surface area contributed by atoms with Gasteiger partial charge in [0.15, 0.2) is 0 Å². The van der Waals surface area contributed by atoms with Crippen molar-refractivity contribution in [1.82, 2.24) is 4.81 Å². The molecule has 0 spiro atoms. The molecular weight excluding hydrogens is 469 g/mol.